The van der Waals surface area contributed by atoms with Crippen LogP contribution in [0.5, 0.6) is 0 Å². The van der Waals surface area contributed by atoms with E-state index in [1.54, 1.807) is 0 Å². The van der Waals surface area contributed by atoms with Gasteiger partial charge in [0.1, 0.15) is 0 Å². The van der Waals surface area contributed by atoms with Crippen molar-refractivity contribution in [2.45, 2.75) is 38.6 Å². The SMILES string of the molecule is CC1CCCCCN1CC(=O)c1ccccc1. The van der Waals surface area contributed by atoms with Crippen molar-refractivity contribution in [2.24, 2.45) is 0 Å². The van der Waals surface area contributed by atoms with Gasteiger partial charge in [-0.2, -0.15) is 0 Å². The molecule has 1 heterocycles. The van der Waals surface area contributed by atoms with Gasteiger partial charge in [-0.15, -0.1) is 0 Å². The van der Waals surface area contributed by atoms with Crippen LogP contribution in [0.3, 0.4) is 0 Å². The fraction of sp³-hybridized carbons (Fsp3) is 0.533. The highest BCUT2D eigenvalue weighted by molar-refractivity contribution is 5.97. The summed E-state index contributed by atoms with van der Waals surface area (Å²) in [4.78, 5) is 14.5. The molecule has 1 aromatic rings. The molecule has 0 bridgehead atoms. The van der Waals surface area contributed by atoms with Crippen molar-refractivity contribution < 1.29 is 4.79 Å². The molecular weight excluding hydrogens is 210 g/mol. The van der Waals surface area contributed by atoms with Crippen LogP contribution in [0.4, 0.5) is 0 Å². The number of carbonyl (C=O) groups excluding carboxylic acids is 1. The molecule has 1 unspecified atom stereocenters. The van der Waals surface area contributed by atoms with Gasteiger partial charge < -0.3 is 0 Å². The topological polar surface area (TPSA) is 20.3 Å². The van der Waals surface area contributed by atoms with E-state index in [1.165, 1.54) is 25.7 Å². The molecule has 2 nitrogen and oxygen atoms in total. The number of likely N-dealkylation sites (tertiary alicyclic amines) is 1. The van der Waals surface area contributed by atoms with Crippen LogP contribution in [-0.2, 0) is 0 Å². The smallest absolute Gasteiger partial charge is 0.176 e. The molecule has 1 aromatic carbocycles. The van der Waals surface area contributed by atoms with Gasteiger partial charge in [-0.3, -0.25) is 9.69 Å². The highest BCUT2D eigenvalue weighted by atomic mass is 16.1. The number of Topliss-reactive ketones (excluding diaryl/α,β-unsaturated/α-hetero) is 1. The minimum absolute atomic E-state index is 0.249. The van der Waals surface area contributed by atoms with Gasteiger partial charge in [0.2, 0.25) is 0 Å². The number of benzene rings is 1. The minimum Gasteiger partial charge on any atom is -0.293 e. The van der Waals surface area contributed by atoms with Crippen LogP contribution >= 0.6 is 0 Å². The quantitative estimate of drug-likeness (QED) is 0.745. The Morgan fingerprint density at radius 3 is 2.76 bits per heavy atom. The molecule has 1 aliphatic rings. The Labute approximate surface area is 104 Å². The Morgan fingerprint density at radius 2 is 2.00 bits per heavy atom. The minimum atomic E-state index is 0.249. The molecule has 1 atom stereocenters. The average Bonchev–Trinajstić information content (AvgIpc) is 2.56. The summed E-state index contributed by atoms with van der Waals surface area (Å²) in [6.07, 6.45) is 5.06. The number of hydrogen-bond donors (Lipinski definition) is 0. The Balaban J connectivity index is 1.98. The van der Waals surface area contributed by atoms with E-state index in [-0.39, 0.29) is 5.78 Å². The molecule has 0 aliphatic carbocycles. The van der Waals surface area contributed by atoms with Crippen LogP contribution in [-0.4, -0.2) is 29.8 Å². The van der Waals surface area contributed by atoms with Crippen LogP contribution in [0.2, 0.25) is 0 Å². The Morgan fingerprint density at radius 1 is 1.24 bits per heavy atom. The standard InChI is InChI=1S/C15H21NO/c1-13-8-4-3-7-11-16(13)12-15(17)14-9-5-2-6-10-14/h2,5-6,9-10,13H,3-4,7-8,11-12H2,1H3. The summed E-state index contributed by atoms with van der Waals surface area (Å²) in [6, 6.07) is 10.2. The van der Waals surface area contributed by atoms with Crippen LogP contribution in [0.1, 0.15) is 43.0 Å². The van der Waals surface area contributed by atoms with Crippen molar-refractivity contribution in [1.29, 1.82) is 0 Å². The first-order chi connectivity index (χ1) is 8.27. The molecule has 0 radical (unpaired) electrons. The van der Waals surface area contributed by atoms with E-state index in [0.29, 0.717) is 12.6 Å². The van der Waals surface area contributed by atoms with Crippen LogP contribution < -0.4 is 0 Å². The first-order valence-electron chi connectivity index (χ1n) is 6.59. The summed E-state index contributed by atoms with van der Waals surface area (Å²) < 4.78 is 0. The van der Waals surface area contributed by atoms with E-state index in [9.17, 15) is 4.79 Å². The van der Waals surface area contributed by atoms with Crippen molar-refractivity contribution >= 4 is 5.78 Å². The van der Waals surface area contributed by atoms with E-state index in [4.69, 9.17) is 0 Å². The summed E-state index contributed by atoms with van der Waals surface area (Å²) in [7, 11) is 0. The number of hydrogen-bond acceptors (Lipinski definition) is 2. The van der Waals surface area contributed by atoms with Crippen molar-refractivity contribution in [3.8, 4) is 0 Å². The van der Waals surface area contributed by atoms with E-state index in [0.717, 1.165) is 12.1 Å². The van der Waals surface area contributed by atoms with E-state index in [1.807, 2.05) is 30.3 Å². The normalized spacial score (nSPS) is 22.1. The first kappa shape index (κ1) is 12.3. The van der Waals surface area contributed by atoms with Crippen LogP contribution in [0.15, 0.2) is 30.3 Å². The first-order valence-corrected chi connectivity index (χ1v) is 6.59. The highest BCUT2D eigenvalue weighted by Gasteiger charge is 2.19. The Hall–Kier alpha value is -1.15. The average molecular weight is 231 g/mol. The molecule has 0 amide bonds. The van der Waals surface area contributed by atoms with Crippen LogP contribution in [0.25, 0.3) is 0 Å². The summed E-state index contributed by atoms with van der Waals surface area (Å²) in [5, 5.41) is 0. The maximum Gasteiger partial charge on any atom is 0.176 e. The van der Waals surface area contributed by atoms with E-state index >= 15 is 0 Å². The lowest BCUT2D eigenvalue weighted by Gasteiger charge is -2.25. The number of carbonyl (C=O) groups is 1. The second kappa shape index (κ2) is 5.97. The predicted molar refractivity (Wildman–Crippen MR) is 70.3 cm³/mol. The number of ketones is 1. The fourth-order valence-electron chi connectivity index (χ4n) is 2.47. The van der Waals surface area contributed by atoms with Gasteiger partial charge in [-0.25, -0.2) is 0 Å². The Bertz CT molecular complexity index is 360. The van der Waals surface area contributed by atoms with Crippen molar-refractivity contribution in [2.75, 3.05) is 13.1 Å². The lowest BCUT2D eigenvalue weighted by molar-refractivity contribution is 0.0901. The highest BCUT2D eigenvalue weighted by Crippen LogP contribution is 2.16. The number of rotatable bonds is 3. The van der Waals surface area contributed by atoms with Gasteiger partial charge in [0.05, 0.1) is 6.54 Å². The molecular formula is C15H21NO. The molecule has 0 spiro atoms. The molecule has 2 heteroatoms. The monoisotopic (exact) mass is 231 g/mol. The molecule has 2 rings (SSSR count). The zero-order valence-corrected chi connectivity index (χ0v) is 10.6. The maximum absolute atomic E-state index is 12.1. The fourth-order valence-corrected chi connectivity index (χ4v) is 2.47. The van der Waals surface area contributed by atoms with Crippen molar-refractivity contribution in [3.05, 3.63) is 35.9 Å². The zero-order chi connectivity index (χ0) is 12.1. The summed E-state index contributed by atoms with van der Waals surface area (Å²) in [6.45, 7) is 3.88. The Kier molecular flexibility index (Phi) is 4.32. The number of nitrogens with zero attached hydrogens (tertiary/aromatic N) is 1. The van der Waals surface area contributed by atoms with Crippen LogP contribution in [0, 0.1) is 0 Å². The summed E-state index contributed by atoms with van der Waals surface area (Å²) >= 11 is 0. The van der Waals surface area contributed by atoms with E-state index in [2.05, 4.69) is 11.8 Å². The molecule has 1 fully saturated rings. The summed E-state index contributed by atoms with van der Waals surface area (Å²) in [5.41, 5.74) is 0.837. The summed E-state index contributed by atoms with van der Waals surface area (Å²) in [5.74, 6) is 0.249. The third-order valence-electron chi connectivity index (χ3n) is 3.63. The molecule has 0 N–H and O–H groups in total. The predicted octanol–water partition coefficient (Wildman–Crippen LogP) is 3.13. The zero-order valence-electron chi connectivity index (χ0n) is 10.6. The van der Waals surface area contributed by atoms with Gasteiger partial charge in [-0.1, -0.05) is 43.2 Å². The molecule has 0 aromatic heterocycles. The third-order valence-corrected chi connectivity index (χ3v) is 3.63. The second-order valence-corrected chi connectivity index (χ2v) is 4.96. The van der Waals surface area contributed by atoms with Crippen molar-refractivity contribution in [1.82, 2.24) is 4.90 Å². The third kappa shape index (κ3) is 3.40. The van der Waals surface area contributed by atoms with Gasteiger partial charge in [0.15, 0.2) is 5.78 Å². The lowest BCUT2D eigenvalue weighted by Crippen LogP contribution is -2.37. The maximum atomic E-state index is 12.1. The molecule has 1 saturated heterocycles. The molecule has 1 aliphatic heterocycles. The van der Waals surface area contributed by atoms with E-state index < -0.39 is 0 Å². The van der Waals surface area contributed by atoms with Crippen molar-refractivity contribution in [3.63, 3.8) is 0 Å². The van der Waals surface area contributed by atoms with Gasteiger partial charge in [0, 0.05) is 11.6 Å². The molecule has 0 saturated carbocycles. The second-order valence-electron chi connectivity index (χ2n) is 4.96. The largest absolute Gasteiger partial charge is 0.293 e. The molecule has 17 heavy (non-hydrogen) atoms. The van der Waals surface area contributed by atoms with Gasteiger partial charge in [-0.05, 0) is 26.3 Å². The van der Waals surface area contributed by atoms with Gasteiger partial charge >= 0.3 is 0 Å². The lowest BCUT2D eigenvalue weighted by atomic mass is 10.1. The van der Waals surface area contributed by atoms with Gasteiger partial charge in [0.25, 0.3) is 0 Å². The molecule has 92 valence electrons.